The van der Waals surface area contributed by atoms with Gasteiger partial charge in [0.15, 0.2) is 5.82 Å². The topological polar surface area (TPSA) is 38.2 Å². The van der Waals surface area contributed by atoms with Gasteiger partial charge >= 0.3 is 0 Å². The fourth-order valence-electron chi connectivity index (χ4n) is 3.74. The highest BCUT2D eigenvalue weighted by atomic mass is 19.1. The Morgan fingerprint density at radius 1 is 0.958 bits per heavy atom. The second-order valence-electron chi connectivity index (χ2n) is 6.66. The average Bonchev–Trinajstić information content (AvgIpc) is 3.17. The number of benzene rings is 1. The summed E-state index contributed by atoms with van der Waals surface area (Å²) in [5.41, 5.74) is 1.65. The van der Waals surface area contributed by atoms with E-state index in [0.29, 0.717) is 12.0 Å². The summed E-state index contributed by atoms with van der Waals surface area (Å²) in [5, 5.41) is 8.69. The molecule has 3 heterocycles. The normalized spacial score (nSPS) is 22.0. The van der Waals surface area contributed by atoms with E-state index in [1.165, 1.54) is 25.0 Å². The van der Waals surface area contributed by atoms with Crippen molar-refractivity contribution in [3.05, 3.63) is 42.2 Å². The van der Waals surface area contributed by atoms with Crippen LogP contribution in [-0.2, 0) is 4.74 Å². The van der Waals surface area contributed by atoms with Crippen LogP contribution in [-0.4, -0.2) is 36.0 Å². The highest BCUT2D eigenvalue weighted by molar-refractivity contribution is 5.59. The number of halogens is 1. The molecular weight excluding hydrogens is 305 g/mol. The van der Waals surface area contributed by atoms with E-state index in [2.05, 4.69) is 15.1 Å². The van der Waals surface area contributed by atoms with Crippen LogP contribution in [0.3, 0.4) is 0 Å². The lowest BCUT2D eigenvalue weighted by atomic mass is 9.90. The zero-order chi connectivity index (χ0) is 16.4. The van der Waals surface area contributed by atoms with E-state index in [1.54, 1.807) is 12.1 Å². The molecule has 2 aromatic rings. The smallest absolute Gasteiger partial charge is 0.151 e. The molecule has 1 aromatic carbocycles. The predicted octanol–water partition coefficient (Wildman–Crippen LogP) is 3.68. The molecule has 5 heteroatoms. The summed E-state index contributed by atoms with van der Waals surface area (Å²) in [6, 6.07) is 10.3. The molecule has 126 valence electrons. The van der Waals surface area contributed by atoms with Crippen molar-refractivity contribution in [3.63, 3.8) is 0 Å². The van der Waals surface area contributed by atoms with Crippen molar-refractivity contribution in [3.8, 4) is 11.3 Å². The molecule has 0 bridgehead atoms. The van der Waals surface area contributed by atoms with Crippen molar-refractivity contribution < 1.29 is 9.13 Å². The first-order chi connectivity index (χ1) is 11.8. The number of hydrogen-bond acceptors (Lipinski definition) is 4. The third-order valence-electron chi connectivity index (χ3n) is 5.14. The van der Waals surface area contributed by atoms with Gasteiger partial charge in [-0.1, -0.05) is 0 Å². The summed E-state index contributed by atoms with van der Waals surface area (Å²) in [4.78, 5) is 2.30. The summed E-state index contributed by atoms with van der Waals surface area (Å²) in [7, 11) is 0. The largest absolute Gasteiger partial charge is 0.378 e. The standard InChI is InChI=1S/C19H22FN3O/c20-16-5-3-14(4-6-16)17-7-8-19(22-21-17)23-11-9-15(10-12-23)18-2-1-13-24-18/h3-8,15,18H,1-2,9-13H2. The first kappa shape index (κ1) is 15.5. The Morgan fingerprint density at radius 3 is 2.38 bits per heavy atom. The number of aromatic nitrogens is 2. The van der Waals surface area contributed by atoms with Gasteiger partial charge in [0.1, 0.15) is 5.82 Å². The Bertz CT molecular complexity index is 660. The van der Waals surface area contributed by atoms with Crippen LogP contribution in [0.5, 0.6) is 0 Å². The van der Waals surface area contributed by atoms with Crippen molar-refractivity contribution >= 4 is 5.82 Å². The molecule has 0 radical (unpaired) electrons. The molecule has 4 rings (SSSR count). The molecule has 0 N–H and O–H groups in total. The lowest BCUT2D eigenvalue weighted by molar-refractivity contribution is 0.0531. The molecule has 2 aliphatic heterocycles. The predicted molar refractivity (Wildman–Crippen MR) is 91.3 cm³/mol. The monoisotopic (exact) mass is 327 g/mol. The lowest BCUT2D eigenvalue weighted by Crippen LogP contribution is -2.38. The molecule has 1 atom stereocenters. The third-order valence-corrected chi connectivity index (χ3v) is 5.14. The van der Waals surface area contributed by atoms with Gasteiger partial charge in [0, 0.05) is 25.3 Å². The van der Waals surface area contributed by atoms with Gasteiger partial charge < -0.3 is 9.64 Å². The van der Waals surface area contributed by atoms with E-state index in [-0.39, 0.29) is 5.82 Å². The number of hydrogen-bond donors (Lipinski definition) is 0. The van der Waals surface area contributed by atoms with Crippen LogP contribution in [0.15, 0.2) is 36.4 Å². The summed E-state index contributed by atoms with van der Waals surface area (Å²) < 4.78 is 18.8. The van der Waals surface area contributed by atoms with E-state index in [1.807, 2.05) is 12.1 Å². The molecule has 0 aliphatic carbocycles. The Morgan fingerprint density at radius 2 is 1.75 bits per heavy atom. The summed E-state index contributed by atoms with van der Waals surface area (Å²) in [6.45, 7) is 2.95. The van der Waals surface area contributed by atoms with Crippen LogP contribution in [0, 0.1) is 11.7 Å². The molecule has 2 saturated heterocycles. The van der Waals surface area contributed by atoms with Crippen molar-refractivity contribution in [1.29, 1.82) is 0 Å². The Balaban J connectivity index is 1.39. The number of rotatable bonds is 3. The van der Waals surface area contributed by atoms with Crippen molar-refractivity contribution in [1.82, 2.24) is 10.2 Å². The molecule has 4 nitrogen and oxygen atoms in total. The maximum atomic E-state index is 13.0. The molecule has 24 heavy (non-hydrogen) atoms. The highest BCUT2D eigenvalue weighted by Crippen LogP contribution is 2.30. The first-order valence-corrected chi connectivity index (χ1v) is 8.76. The lowest BCUT2D eigenvalue weighted by Gasteiger charge is -2.34. The van der Waals surface area contributed by atoms with E-state index < -0.39 is 0 Å². The number of nitrogens with zero attached hydrogens (tertiary/aromatic N) is 3. The molecule has 2 fully saturated rings. The van der Waals surface area contributed by atoms with E-state index in [0.717, 1.165) is 49.6 Å². The molecule has 0 saturated carbocycles. The van der Waals surface area contributed by atoms with Gasteiger partial charge in [-0.25, -0.2) is 4.39 Å². The van der Waals surface area contributed by atoms with Crippen LogP contribution in [0.1, 0.15) is 25.7 Å². The van der Waals surface area contributed by atoms with Crippen LogP contribution in [0.2, 0.25) is 0 Å². The van der Waals surface area contributed by atoms with Gasteiger partial charge in [-0.15, -0.1) is 10.2 Å². The Kier molecular flexibility index (Phi) is 4.43. The quantitative estimate of drug-likeness (QED) is 0.862. The SMILES string of the molecule is Fc1ccc(-c2ccc(N3CCC(C4CCCO4)CC3)nn2)cc1. The zero-order valence-electron chi connectivity index (χ0n) is 13.7. The molecule has 1 aromatic heterocycles. The van der Waals surface area contributed by atoms with Crippen molar-refractivity contribution in [2.75, 3.05) is 24.6 Å². The average molecular weight is 327 g/mol. The minimum atomic E-state index is -0.238. The maximum absolute atomic E-state index is 13.0. The van der Waals surface area contributed by atoms with E-state index >= 15 is 0 Å². The Hall–Kier alpha value is -2.01. The molecule has 2 aliphatic rings. The zero-order valence-corrected chi connectivity index (χ0v) is 13.7. The highest BCUT2D eigenvalue weighted by Gasteiger charge is 2.29. The fourth-order valence-corrected chi connectivity index (χ4v) is 3.74. The molecule has 0 spiro atoms. The number of piperidine rings is 1. The second kappa shape index (κ2) is 6.85. The summed E-state index contributed by atoms with van der Waals surface area (Å²) in [6.07, 6.45) is 5.22. The fraction of sp³-hybridized carbons (Fsp3) is 0.474. The van der Waals surface area contributed by atoms with Crippen LogP contribution in [0.4, 0.5) is 10.2 Å². The first-order valence-electron chi connectivity index (χ1n) is 8.76. The van der Waals surface area contributed by atoms with Gasteiger partial charge in [-0.3, -0.25) is 0 Å². The van der Waals surface area contributed by atoms with Crippen molar-refractivity contribution in [2.45, 2.75) is 31.8 Å². The number of ether oxygens (including phenoxy) is 1. The minimum absolute atomic E-state index is 0.238. The van der Waals surface area contributed by atoms with E-state index in [9.17, 15) is 4.39 Å². The van der Waals surface area contributed by atoms with Gasteiger partial charge in [0.05, 0.1) is 11.8 Å². The van der Waals surface area contributed by atoms with Crippen LogP contribution >= 0.6 is 0 Å². The van der Waals surface area contributed by atoms with Crippen molar-refractivity contribution in [2.24, 2.45) is 5.92 Å². The summed E-state index contributed by atoms with van der Waals surface area (Å²) in [5.74, 6) is 1.37. The summed E-state index contributed by atoms with van der Waals surface area (Å²) >= 11 is 0. The van der Waals surface area contributed by atoms with E-state index in [4.69, 9.17) is 4.74 Å². The van der Waals surface area contributed by atoms with Crippen LogP contribution < -0.4 is 4.90 Å². The maximum Gasteiger partial charge on any atom is 0.151 e. The van der Waals surface area contributed by atoms with Gasteiger partial charge in [0.25, 0.3) is 0 Å². The Labute approximate surface area is 141 Å². The number of anilines is 1. The molecule has 0 amide bonds. The van der Waals surface area contributed by atoms with Gasteiger partial charge in [-0.2, -0.15) is 0 Å². The molecule has 1 unspecified atom stereocenters. The second-order valence-corrected chi connectivity index (χ2v) is 6.66. The third kappa shape index (κ3) is 3.26. The molecular formula is C19H22FN3O. The van der Waals surface area contributed by atoms with Gasteiger partial charge in [0.2, 0.25) is 0 Å². The van der Waals surface area contributed by atoms with Crippen LogP contribution in [0.25, 0.3) is 11.3 Å². The minimum Gasteiger partial charge on any atom is -0.378 e. The van der Waals surface area contributed by atoms with Gasteiger partial charge in [-0.05, 0) is 68.0 Å².